The Labute approximate surface area is 131 Å². The Morgan fingerprint density at radius 3 is 1.81 bits per heavy atom. The zero-order valence-corrected chi connectivity index (χ0v) is 14.6. The monoisotopic (exact) mass is 322 g/mol. The Balaban J connectivity index is 3.67. The largest absolute Gasteiger partial charge is 0.393 e. The lowest BCUT2D eigenvalue weighted by Gasteiger charge is -2.13. The van der Waals surface area contributed by atoms with Crippen LogP contribution in [-0.2, 0) is 10.1 Å². The highest BCUT2D eigenvalue weighted by Gasteiger charge is 2.21. The molecule has 0 saturated heterocycles. The number of aliphatic hydroxyl groups is 1. The average molecular weight is 323 g/mol. The van der Waals surface area contributed by atoms with Gasteiger partial charge in [-0.1, -0.05) is 65.2 Å². The van der Waals surface area contributed by atoms with Gasteiger partial charge >= 0.3 is 0 Å². The van der Waals surface area contributed by atoms with Crippen molar-refractivity contribution in [1.82, 2.24) is 0 Å². The van der Waals surface area contributed by atoms with E-state index in [9.17, 15) is 18.1 Å². The molecule has 2 unspecified atom stereocenters. The number of hydrogen-bond acceptors (Lipinski definition) is 3. The molecule has 0 aliphatic rings. The van der Waals surface area contributed by atoms with Gasteiger partial charge in [0.2, 0.25) is 0 Å². The van der Waals surface area contributed by atoms with Gasteiger partial charge in [0.05, 0.1) is 11.4 Å². The predicted octanol–water partition coefficient (Wildman–Crippen LogP) is 4.32. The molecule has 2 atom stereocenters. The molecular formula is C16H34O4S. The first kappa shape index (κ1) is 20.9. The van der Waals surface area contributed by atoms with E-state index in [4.69, 9.17) is 0 Å². The molecule has 2 N–H and O–H groups in total. The molecule has 0 aromatic heterocycles. The Morgan fingerprint density at radius 1 is 0.762 bits per heavy atom. The summed E-state index contributed by atoms with van der Waals surface area (Å²) in [5, 5.41) is 9.02. The zero-order chi connectivity index (χ0) is 16.1. The van der Waals surface area contributed by atoms with Crippen molar-refractivity contribution < 1.29 is 18.1 Å². The standard InChI is InChI=1S/C16H34O4S/c1-3-5-13-16(21(18,19)20)14-10-8-6-7-9-12-15(17)11-4-2/h15-17H,3-14H2,1-2H3,(H,18,19,20). The lowest BCUT2D eigenvalue weighted by atomic mass is 10.0. The summed E-state index contributed by atoms with van der Waals surface area (Å²) in [4.78, 5) is 0. The first-order valence-electron chi connectivity index (χ1n) is 8.56. The van der Waals surface area contributed by atoms with Gasteiger partial charge in [-0.3, -0.25) is 4.55 Å². The van der Waals surface area contributed by atoms with Crippen molar-refractivity contribution in [2.45, 2.75) is 102 Å². The second-order valence-corrected chi connectivity index (χ2v) is 7.76. The van der Waals surface area contributed by atoms with E-state index in [1.165, 1.54) is 0 Å². The summed E-state index contributed by atoms with van der Waals surface area (Å²) in [6.07, 6.45) is 10.6. The highest BCUT2D eigenvalue weighted by atomic mass is 32.2. The van der Waals surface area contributed by atoms with Gasteiger partial charge in [0.15, 0.2) is 0 Å². The smallest absolute Gasteiger partial charge is 0.267 e. The molecule has 5 heteroatoms. The zero-order valence-electron chi connectivity index (χ0n) is 13.8. The Morgan fingerprint density at radius 2 is 1.29 bits per heavy atom. The molecule has 4 nitrogen and oxygen atoms in total. The number of unbranched alkanes of at least 4 members (excludes halogenated alkanes) is 5. The van der Waals surface area contributed by atoms with E-state index in [1.807, 2.05) is 6.92 Å². The predicted molar refractivity (Wildman–Crippen MR) is 88.1 cm³/mol. The maximum Gasteiger partial charge on any atom is 0.267 e. The van der Waals surface area contributed by atoms with Gasteiger partial charge in [0.1, 0.15) is 0 Å². The first-order valence-corrected chi connectivity index (χ1v) is 10.1. The van der Waals surface area contributed by atoms with Gasteiger partial charge in [-0.05, 0) is 25.7 Å². The van der Waals surface area contributed by atoms with E-state index >= 15 is 0 Å². The number of rotatable bonds is 14. The molecule has 0 aliphatic heterocycles. The summed E-state index contributed by atoms with van der Waals surface area (Å²) in [5.41, 5.74) is 0. The summed E-state index contributed by atoms with van der Waals surface area (Å²) < 4.78 is 31.7. The van der Waals surface area contributed by atoms with Crippen LogP contribution in [0.2, 0.25) is 0 Å². The van der Waals surface area contributed by atoms with E-state index in [1.54, 1.807) is 0 Å². The Hall–Kier alpha value is -0.130. The van der Waals surface area contributed by atoms with Gasteiger partial charge in [-0.25, -0.2) is 0 Å². The summed E-state index contributed by atoms with van der Waals surface area (Å²) in [6, 6.07) is 0. The van der Waals surface area contributed by atoms with E-state index < -0.39 is 15.4 Å². The summed E-state index contributed by atoms with van der Waals surface area (Å²) in [6.45, 7) is 4.10. The minimum absolute atomic E-state index is 0.159. The molecule has 0 amide bonds. The van der Waals surface area contributed by atoms with Gasteiger partial charge in [0, 0.05) is 0 Å². The van der Waals surface area contributed by atoms with Gasteiger partial charge < -0.3 is 5.11 Å². The van der Waals surface area contributed by atoms with Crippen molar-refractivity contribution in [3.63, 3.8) is 0 Å². The summed E-state index contributed by atoms with van der Waals surface area (Å²) in [5.74, 6) is 0. The second kappa shape index (κ2) is 12.4. The fraction of sp³-hybridized carbons (Fsp3) is 1.00. The normalized spacial score (nSPS) is 15.0. The molecule has 0 heterocycles. The van der Waals surface area contributed by atoms with E-state index in [0.717, 1.165) is 64.2 Å². The topological polar surface area (TPSA) is 74.6 Å². The molecule has 0 aliphatic carbocycles. The van der Waals surface area contributed by atoms with Gasteiger partial charge in [-0.2, -0.15) is 8.42 Å². The highest BCUT2D eigenvalue weighted by Crippen LogP contribution is 2.18. The molecule has 0 radical (unpaired) electrons. The third kappa shape index (κ3) is 12.1. The Bertz CT molecular complexity index is 327. The van der Waals surface area contributed by atoms with E-state index in [-0.39, 0.29) is 6.10 Å². The van der Waals surface area contributed by atoms with Crippen LogP contribution >= 0.6 is 0 Å². The molecule has 0 aromatic carbocycles. The fourth-order valence-corrected chi connectivity index (χ4v) is 3.56. The minimum atomic E-state index is -3.89. The molecule has 0 fully saturated rings. The molecule has 0 saturated carbocycles. The number of aliphatic hydroxyl groups excluding tert-OH is 1. The van der Waals surface area contributed by atoms with Crippen LogP contribution in [0.1, 0.15) is 90.9 Å². The van der Waals surface area contributed by atoms with Crippen molar-refractivity contribution in [3.05, 3.63) is 0 Å². The van der Waals surface area contributed by atoms with Crippen molar-refractivity contribution in [1.29, 1.82) is 0 Å². The summed E-state index contributed by atoms with van der Waals surface area (Å²) in [7, 11) is -3.89. The Kier molecular flexibility index (Phi) is 12.3. The van der Waals surface area contributed by atoms with Crippen LogP contribution in [-0.4, -0.2) is 29.4 Å². The van der Waals surface area contributed by atoms with Crippen LogP contribution in [0, 0.1) is 0 Å². The minimum Gasteiger partial charge on any atom is -0.393 e. The molecule has 0 spiro atoms. The molecule has 128 valence electrons. The van der Waals surface area contributed by atoms with E-state index in [2.05, 4.69) is 6.92 Å². The molecule has 0 rings (SSSR count). The van der Waals surface area contributed by atoms with Crippen molar-refractivity contribution >= 4 is 10.1 Å². The van der Waals surface area contributed by atoms with E-state index in [0.29, 0.717) is 12.8 Å². The molecule has 21 heavy (non-hydrogen) atoms. The average Bonchev–Trinajstić information content (AvgIpc) is 2.39. The second-order valence-electron chi connectivity index (χ2n) is 6.07. The number of hydrogen-bond donors (Lipinski definition) is 2. The molecule has 0 aromatic rings. The first-order chi connectivity index (χ1) is 9.91. The maximum absolute atomic E-state index is 11.3. The van der Waals surface area contributed by atoms with Crippen LogP contribution in [0.15, 0.2) is 0 Å². The lowest BCUT2D eigenvalue weighted by molar-refractivity contribution is 0.150. The van der Waals surface area contributed by atoms with Crippen molar-refractivity contribution in [2.75, 3.05) is 0 Å². The SMILES string of the molecule is CCCCC(CCCCCCCC(O)CCC)S(=O)(=O)O. The van der Waals surface area contributed by atoms with Crippen LogP contribution < -0.4 is 0 Å². The highest BCUT2D eigenvalue weighted by molar-refractivity contribution is 7.86. The van der Waals surface area contributed by atoms with Crippen LogP contribution in [0.3, 0.4) is 0 Å². The summed E-state index contributed by atoms with van der Waals surface area (Å²) >= 11 is 0. The molecule has 0 bridgehead atoms. The third-order valence-electron chi connectivity index (χ3n) is 3.99. The fourth-order valence-electron chi connectivity index (χ4n) is 2.63. The maximum atomic E-state index is 11.3. The quantitative estimate of drug-likeness (QED) is 0.369. The van der Waals surface area contributed by atoms with Crippen LogP contribution in [0.4, 0.5) is 0 Å². The van der Waals surface area contributed by atoms with Gasteiger partial charge in [-0.15, -0.1) is 0 Å². The van der Waals surface area contributed by atoms with Crippen molar-refractivity contribution in [3.8, 4) is 0 Å². The lowest BCUT2D eigenvalue weighted by Crippen LogP contribution is -2.20. The van der Waals surface area contributed by atoms with Crippen LogP contribution in [0.5, 0.6) is 0 Å². The van der Waals surface area contributed by atoms with Crippen LogP contribution in [0.25, 0.3) is 0 Å². The van der Waals surface area contributed by atoms with Crippen molar-refractivity contribution in [2.24, 2.45) is 0 Å². The van der Waals surface area contributed by atoms with Gasteiger partial charge in [0.25, 0.3) is 10.1 Å². The molecular weight excluding hydrogens is 288 g/mol. The third-order valence-corrected chi connectivity index (χ3v) is 5.30.